The summed E-state index contributed by atoms with van der Waals surface area (Å²) in [4.78, 5) is 8.78. The van der Waals surface area contributed by atoms with Gasteiger partial charge in [0.15, 0.2) is 11.5 Å². The van der Waals surface area contributed by atoms with Crippen molar-refractivity contribution in [3.8, 4) is 6.07 Å². The number of aromatic nitrogens is 2. The summed E-state index contributed by atoms with van der Waals surface area (Å²) < 4.78 is 11.3. The first-order chi connectivity index (χ1) is 9.20. The van der Waals surface area contributed by atoms with Crippen molar-refractivity contribution in [3.05, 3.63) is 47.9 Å². The molecule has 1 aromatic heterocycles. The van der Waals surface area contributed by atoms with Crippen LogP contribution in [0.1, 0.15) is 11.3 Å². The molecule has 1 N–H and O–H groups in total. The van der Waals surface area contributed by atoms with Crippen molar-refractivity contribution in [2.75, 3.05) is 11.6 Å². The highest BCUT2D eigenvalue weighted by Crippen LogP contribution is 2.11. The fourth-order valence-electron chi connectivity index (χ4n) is 1.53. The van der Waals surface area contributed by atoms with Gasteiger partial charge in [-0.15, -0.1) is 0 Å². The largest absolute Gasteiger partial charge is 0.364 e. The number of nitriles is 1. The molecule has 1 heterocycles. The SMILES string of the molecule is CS(=O)c1ccc(CNc2nccnc2C#N)cc1. The number of benzene rings is 1. The van der Waals surface area contributed by atoms with Gasteiger partial charge < -0.3 is 5.32 Å². The second-order valence-electron chi connectivity index (χ2n) is 3.82. The molecule has 0 aliphatic rings. The summed E-state index contributed by atoms with van der Waals surface area (Å²) in [7, 11) is -0.968. The zero-order chi connectivity index (χ0) is 13.7. The van der Waals surface area contributed by atoms with Crippen molar-refractivity contribution in [1.29, 1.82) is 5.26 Å². The smallest absolute Gasteiger partial charge is 0.182 e. The van der Waals surface area contributed by atoms with E-state index in [1.165, 1.54) is 12.4 Å². The van der Waals surface area contributed by atoms with Crippen molar-refractivity contribution in [3.63, 3.8) is 0 Å². The third-order valence-electron chi connectivity index (χ3n) is 2.52. The van der Waals surface area contributed by atoms with Crippen LogP contribution < -0.4 is 5.32 Å². The Morgan fingerprint density at radius 1 is 1.26 bits per heavy atom. The van der Waals surface area contributed by atoms with Gasteiger partial charge in [-0.05, 0) is 17.7 Å². The minimum absolute atomic E-state index is 0.272. The number of anilines is 1. The number of nitrogens with one attached hydrogen (secondary N) is 1. The summed E-state index contributed by atoms with van der Waals surface area (Å²) >= 11 is 0. The van der Waals surface area contributed by atoms with Gasteiger partial charge in [0.25, 0.3) is 0 Å². The highest BCUT2D eigenvalue weighted by atomic mass is 32.2. The number of rotatable bonds is 4. The molecular weight excluding hydrogens is 260 g/mol. The Bertz CT molecular complexity index is 634. The molecule has 0 aliphatic heterocycles. The van der Waals surface area contributed by atoms with Crippen LogP contribution in [0.4, 0.5) is 5.82 Å². The van der Waals surface area contributed by atoms with E-state index in [-0.39, 0.29) is 5.69 Å². The van der Waals surface area contributed by atoms with Crippen molar-refractivity contribution in [2.24, 2.45) is 0 Å². The molecule has 0 bridgehead atoms. The summed E-state index contributed by atoms with van der Waals surface area (Å²) in [5, 5.41) is 11.9. The molecule has 19 heavy (non-hydrogen) atoms. The van der Waals surface area contributed by atoms with E-state index in [1.807, 2.05) is 30.3 Å². The van der Waals surface area contributed by atoms with Gasteiger partial charge in [0, 0.05) is 40.9 Å². The fourth-order valence-corrected chi connectivity index (χ4v) is 2.05. The Hall–Kier alpha value is -2.26. The monoisotopic (exact) mass is 272 g/mol. The predicted molar refractivity (Wildman–Crippen MR) is 72.8 cm³/mol. The van der Waals surface area contributed by atoms with Crippen LogP contribution in [0.2, 0.25) is 0 Å². The quantitative estimate of drug-likeness (QED) is 0.916. The Morgan fingerprint density at radius 2 is 1.95 bits per heavy atom. The van der Waals surface area contributed by atoms with Crippen LogP contribution in [-0.2, 0) is 17.3 Å². The van der Waals surface area contributed by atoms with Crippen LogP contribution in [-0.4, -0.2) is 20.4 Å². The molecule has 0 saturated carbocycles. The lowest BCUT2D eigenvalue weighted by molar-refractivity contribution is 0.687. The maximum atomic E-state index is 11.3. The Morgan fingerprint density at radius 3 is 2.58 bits per heavy atom. The molecule has 1 atom stereocenters. The molecule has 0 amide bonds. The average Bonchev–Trinajstić information content (AvgIpc) is 2.45. The minimum atomic E-state index is -0.968. The molecule has 0 aliphatic carbocycles. The second-order valence-corrected chi connectivity index (χ2v) is 5.20. The molecule has 0 spiro atoms. The summed E-state index contributed by atoms with van der Waals surface area (Å²) in [5.41, 5.74) is 1.29. The van der Waals surface area contributed by atoms with E-state index in [4.69, 9.17) is 5.26 Å². The lowest BCUT2D eigenvalue weighted by atomic mass is 10.2. The Kier molecular flexibility index (Phi) is 4.21. The third-order valence-corrected chi connectivity index (χ3v) is 3.46. The third kappa shape index (κ3) is 3.36. The van der Waals surface area contributed by atoms with Gasteiger partial charge in [-0.25, -0.2) is 9.97 Å². The lowest BCUT2D eigenvalue weighted by Crippen LogP contribution is -2.04. The zero-order valence-corrected chi connectivity index (χ0v) is 11.1. The first kappa shape index (κ1) is 13.2. The Labute approximate surface area is 113 Å². The molecule has 0 radical (unpaired) electrons. The summed E-state index contributed by atoms with van der Waals surface area (Å²) in [6.07, 6.45) is 4.66. The van der Waals surface area contributed by atoms with E-state index in [1.54, 1.807) is 6.26 Å². The van der Waals surface area contributed by atoms with Gasteiger partial charge >= 0.3 is 0 Å². The zero-order valence-electron chi connectivity index (χ0n) is 10.3. The van der Waals surface area contributed by atoms with E-state index in [0.717, 1.165) is 10.5 Å². The highest BCUT2D eigenvalue weighted by Gasteiger charge is 2.03. The van der Waals surface area contributed by atoms with Crippen LogP contribution in [0.15, 0.2) is 41.6 Å². The van der Waals surface area contributed by atoms with Crippen LogP contribution >= 0.6 is 0 Å². The molecule has 0 saturated heterocycles. The van der Waals surface area contributed by atoms with Gasteiger partial charge in [0.05, 0.1) is 0 Å². The molecule has 2 rings (SSSR count). The predicted octanol–water partition coefficient (Wildman–Crippen LogP) is 1.70. The maximum Gasteiger partial charge on any atom is 0.182 e. The van der Waals surface area contributed by atoms with Crippen molar-refractivity contribution in [2.45, 2.75) is 11.4 Å². The number of hydrogen-bond acceptors (Lipinski definition) is 5. The van der Waals surface area contributed by atoms with E-state index < -0.39 is 10.8 Å². The molecule has 1 unspecified atom stereocenters. The molecule has 6 heteroatoms. The number of hydrogen-bond donors (Lipinski definition) is 1. The number of nitrogens with zero attached hydrogens (tertiary/aromatic N) is 3. The van der Waals surface area contributed by atoms with Crippen LogP contribution in [0, 0.1) is 11.3 Å². The highest BCUT2D eigenvalue weighted by molar-refractivity contribution is 7.84. The van der Waals surface area contributed by atoms with Crippen molar-refractivity contribution in [1.82, 2.24) is 9.97 Å². The van der Waals surface area contributed by atoms with Crippen LogP contribution in [0.5, 0.6) is 0 Å². The van der Waals surface area contributed by atoms with Crippen molar-refractivity contribution >= 4 is 16.6 Å². The topological polar surface area (TPSA) is 78.7 Å². The van der Waals surface area contributed by atoms with E-state index in [9.17, 15) is 4.21 Å². The lowest BCUT2D eigenvalue weighted by Gasteiger charge is -2.06. The van der Waals surface area contributed by atoms with Gasteiger partial charge in [0.1, 0.15) is 6.07 Å². The normalized spacial score (nSPS) is 11.6. The van der Waals surface area contributed by atoms with Gasteiger partial charge in [-0.3, -0.25) is 4.21 Å². The van der Waals surface area contributed by atoms with Gasteiger partial charge in [-0.1, -0.05) is 12.1 Å². The molecule has 0 fully saturated rings. The fraction of sp³-hybridized carbons (Fsp3) is 0.154. The Balaban J connectivity index is 2.06. The average molecular weight is 272 g/mol. The first-order valence-electron chi connectivity index (χ1n) is 5.58. The summed E-state index contributed by atoms with van der Waals surface area (Å²) in [6, 6.07) is 9.43. The summed E-state index contributed by atoms with van der Waals surface area (Å²) in [5.74, 6) is 0.466. The maximum absolute atomic E-state index is 11.3. The summed E-state index contributed by atoms with van der Waals surface area (Å²) in [6.45, 7) is 0.532. The minimum Gasteiger partial charge on any atom is -0.364 e. The van der Waals surface area contributed by atoms with Gasteiger partial charge in [0.2, 0.25) is 0 Å². The van der Waals surface area contributed by atoms with E-state index in [0.29, 0.717) is 12.4 Å². The molecular formula is C13H12N4OS. The van der Waals surface area contributed by atoms with E-state index >= 15 is 0 Å². The molecule has 5 nitrogen and oxygen atoms in total. The van der Waals surface area contributed by atoms with Crippen LogP contribution in [0.25, 0.3) is 0 Å². The standard InChI is InChI=1S/C13H12N4OS/c1-19(18)11-4-2-10(3-5-11)9-17-13-12(8-14)15-6-7-16-13/h2-7H,9H2,1H3,(H,16,17). The first-order valence-corrected chi connectivity index (χ1v) is 7.14. The van der Waals surface area contributed by atoms with Crippen LogP contribution in [0.3, 0.4) is 0 Å². The molecule has 1 aromatic carbocycles. The van der Waals surface area contributed by atoms with E-state index in [2.05, 4.69) is 15.3 Å². The molecule has 2 aromatic rings. The van der Waals surface area contributed by atoms with Crippen molar-refractivity contribution < 1.29 is 4.21 Å². The van der Waals surface area contributed by atoms with Gasteiger partial charge in [-0.2, -0.15) is 5.26 Å². The second kappa shape index (κ2) is 6.07. The molecule has 96 valence electrons.